The van der Waals surface area contributed by atoms with Gasteiger partial charge in [0.1, 0.15) is 5.75 Å². The largest absolute Gasteiger partial charge is 0.497 e. The van der Waals surface area contributed by atoms with Crippen LogP contribution < -0.4 is 14.2 Å². The van der Waals surface area contributed by atoms with Gasteiger partial charge in [0.05, 0.1) is 13.7 Å². The molecule has 25 heavy (non-hydrogen) atoms. The number of carbonyl (C=O) groups excluding carboxylic acids is 1. The Labute approximate surface area is 144 Å². The Kier molecular flexibility index (Phi) is 6.51. The predicted octanol–water partition coefficient (Wildman–Crippen LogP) is 4.59. The van der Waals surface area contributed by atoms with Crippen LogP contribution in [-0.4, -0.2) is 26.1 Å². The van der Waals surface area contributed by atoms with Crippen LogP contribution in [0.25, 0.3) is 6.08 Å². The molecule has 0 N–H and O–H groups in total. The number of hydrogen-bond donors (Lipinski definition) is 0. The van der Waals surface area contributed by atoms with Crippen molar-refractivity contribution in [3.63, 3.8) is 0 Å². The van der Waals surface area contributed by atoms with E-state index in [0.29, 0.717) is 23.5 Å². The summed E-state index contributed by atoms with van der Waals surface area (Å²) in [7, 11) is 1.53. The third-order valence-electron chi connectivity index (χ3n) is 3.27. The molecule has 0 heterocycles. The Morgan fingerprint density at radius 1 is 1.16 bits per heavy atom. The van der Waals surface area contributed by atoms with Gasteiger partial charge in [-0.15, -0.1) is 0 Å². The summed E-state index contributed by atoms with van der Waals surface area (Å²) in [5.41, 5.74) is 1.11. The normalized spacial score (nSPS) is 10.9. The molecular formula is C19H18F2O4. The zero-order valence-corrected chi connectivity index (χ0v) is 13.9. The van der Waals surface area contributed by atoms with Gasteiger partial charge in [-0.05, 0) is 42.8 Å². The van der Waals surface area contributed by atoms with Crippen molar-refractivity contribution in [3.05, 3.63) is 59.7 Å². The molecule has 0 aliphatic carbocycles. The zero-order chi connectivity index (χ0) is 18.2. The maximum absolute atomic E-state index is 12.4. The van der Waals surface area contributed by atoms with Crippen LogP contribution in [0.2, 0.25) is 0 Å². The van der Waals surface area contributed by atoms with E-state index in [2.05, 4.69) is 4.74 Å². The average molecular weight is 348 g/mol. The summed E-state index contributed by atoms with van der Waals surface area (Å²) in [4.78, 5) is 12.2. The van der Waals surface area contributed by atoms with Gasteiger partial charge in [-0.25, -0.2) is 0 Å². The minimum absolute atomic E-state index is 0.0480. The molecule has 0 spiro atoms. The van der Waals surface area contributed by atoms with Crippen LogP contribution in [0.15, 0.2) is 48.5 Å². The monoisotopic (exact) mass is 348 g/mol. The Hall–Kier alpha value is -2.89. The lowest BCUT2D eigenvalue weighted by Gasteiger charge is -2.11. The van der Waals surface area contributed by atoms with Crippen molar-refractivity contribution in [1.82, 2.24) is 0 Å². The molecule has 132 valence electrons. The molecule has 0 aliphatic heterocycles. The molecule has 4 nitrogen and oxygen atoms in total. The summed E-state index contributed by atoms with van der Waals surface area (Å²) >= 11 is 0. The number of carbonyl (C=O) groups is 1. The molecule has 0 fully saturated rings. The fraction of sp³-hybridized carbons (Fsp3) is 0.211. The highest BCUT2D eigenvalue weighted by Gasteiger charge is 2.11. The Morgan fingerprint density at radius 3 is 2.64 bits per heavy atom. The number of halogens is 2. The molecule has 0 amide bonds. The number of ketones is 1. The van der Waals surface area contributed by atoms with Gasteiger partial charge in [-0.2, -0.15) is 8.78 Å². The van der Waals surface area contributed by atoms with Crippen molar-refractivity contribution < 1.29 is 27.8 Å². The van der Waals surface area contributed by atoms with Gasteiger partial charge in [0.2, 0.25) is 0 Å². The zero-order valence-electron chi connectivity index (χ0n) is 13.9. The highest BCUT2D eigenvalue weighted by molar-refractivity contribution is 6.07. The number of hydrogen-bond acceptors (Lipinski definition) is 4. The Balaban J connectivity index is 2.19. The number of methoxy groups -OCH3 is 1. The summed E-state index contributed by atoms with van der Waals surface area (Å²) < 4.78 is 39.6. The number of ether oxygens (including phenoxy) is 3. The van der Waals surface area contributed by atoms with Crippen LogP contribution in [0.4, 0.5) is 8.78 Å². The molecule has 2 aromatic rings. The Bertz CT molecular complexity index is 757. The van der Waals surface area contributed by atoms with Crippen LogP contribution in [0.3, 0.4) is 0 Å². The van der Waals surface area contributed by atoms with Gasteiger partial charge in [-0.1, -0.05) is 24.3 Å². The summed E-state index contributed by atoms with van der Waals surface area (Å²) in [6.07, 6.45) is 2.98. The van der Waals surface area contributed by atoms with Gasteiger partial charge in [0, 0.05) is 5.56 Å². The minimum Gasteiger partial charge on any atom is -0.497 e. The average Bonchev–Trinajstić information content (AvgIpc) is 2.61. The molecule has 0 aliphatic rings. The molecule has 0 saturated carbocycles. The highest BCUT2D eigenvalue weighted by atomic mass is 19.3. The fourth-order valence-electron chi connectivity index (χ4n) is 2.13. The number of allylic oxidation sites excluding steroid dienone is 1. The van der Waals surface area contributed by atoms with Crippen LogP contribution >= 0.6 is 0 Å². The summed E-state index contributed by atoms with van der Waals surface area (Å²) in [6, 6.07) is 11.3. The van der Waals surface area contributed by atoms with E-state index in [9.17, 15) is 13.6 Å². The van der Waals surface area contributed by atoms with E-state index < -0.39 is 6.61 Å². The molecule has 0 unspecified atom stereocenters. The maximum atomic E-state index is 12.4. The topological polar surface area (TPSA) is 44.8 Å². The third kappa shape index (κ3) is 5.31. The van der Waals surface area contributed by atoms with Gasteiger partial charge >= 0.3 is 6.61 Å². The van der Waals surface area contributed by atoms with Gasteiger partial charge in [0.25, 0.3) is 0 Å². The number of rotatable bonds is 8. The predicted molar refractivity (Wildman–Crippen MR) is 90.6 cm³/mol. The second-order valence-corrected chi connectivity index (χ2v) is 4.95. The van der Waals surface area contributed by atoms with E-state index in [0.717, 1.165) is 0 Å². The van der Waals surface area contributed by atoms with E-state index in [4.69, 9.17) is 9.47 Å². The molecule has 2 rings (SSSR count). The van der Waals surface area contributed by atoms with Gasteiger partial charge < -0.3 is 14.2 Å². The third-order valence-corrected chi connectivity index (χ3v) is 3.27. The van der Waals surface area contributed by atoms with Crippen molar-refractivity contribution in [1.29, 1.82) is 0 Å². The first-order valence-electron chi connectivity index (χ1n) is 7.61. The molecule has 0 radical (unpaired) electrons. The second kappa shape index (κ2) is 8.82. The van der Waals surface area contributed by atoms with Gasteiger partial charge in [0.15, 0.2) is 17.3 Å². The SMILES string of the molecule is CCOc1cc(C=CC(=O)c2cccc(OC)c2)ccc1OC(F)F. The standard InChI is InChI=1S/C19H18F2O4/c1-3-24-18-11-13(8-10-17(18)25-19(20)21)7-9-16(22)14-5-4-6-15(12-14)23-2/h4-12,19H,3H2,1-2H3. The first-order valence-corrected chi connectivity index (χ1v) is 7.61. The van der Waals surface area contributed by atoms with Crippen LogP contribution in [0.5, 0.6) is 17.2 Å². The molecule has 0 bridgehead atoms. The number of alkyl halides is 2. The van der Waals surface area contributed by atoms with E-state index in [-0.39, 0.29) is 17.3 Å². The van der Waals surface area contributed by atoms with E-state index in [1.165, 1.54) is 25.3 Å². The van der Waals surface area contributed by atoms with E-state index >= 15 is 0 Å². The minimum atomic E-state index is -2.93. The second-order valence-electron chi connectivity index (χ2n) is 4.95. The van der Waals surface area contributed by atoms with Gasteiger partial charge in [-0.3, -0.25) is 4.79 Å². The summed E-state index contributed by atoms with van der Waals surface area (Å²) in [6.45, 7) is -0.897. The first-order chi connectivity index (χ1) is 12.0. The van der Waals surface area contributed by atoms with Crippen molar-refractivity contribution in [2.24, 2.45) is 0 Å². The van der Waals surface area contributed by atoms with Crippen LogP contribution in [0, 0.1) is 0 Å². The quantitative estimate of drug-likeness (QED) is 0.517. The van der Waals surface area contributed by atoms with Crippen molar-refractivity contribution in [2.45, 2.75) is 13.5 Å². The first kappa shape index (κ1) is 18.4. The van der Waals surface area contributed by atoms with E-state index in [1.807, 2.05) is 0 Å². The number of benzene rings is 2. The summed E-state index contributed by atoms with van der Waals surface area (Å²) in [5, 5.41) is 0. The van der Waals surface area contributed by atoms with E-state index in [1.54, 1.807) is 43.3 Å². The highest BCUT2D eigenvalue weighted by Crippen LogP contribution is 2.30. The maximum Gasteiger partial charge on any atom is 0.387 e. The van der Waals surface area contributed by atoms with Crippen molar-refractivity contribution in [2.75, 3.05) is 13.7 Å². The molecule has 2 aromatic carbocycles. The van der Waals surface area contributed by atoms with Crippen LogP contribution in [0.1, 0.15) is 22.8 Å². The Morgan fingerprint density at radius 2 is 1.96 bits per heavy atom. The molecule has 6 heteroatoms. The lowest BCUT2D eigenvalue weighted by molar-refractivity contribution is -0.0514. The molecular weight excluding hydrogens is 330 g/mol. The van der Waals surface area contributed by atoms with Crippen LogP contribution in [-0.2, 0) is 0 Å². The lowest BCUT2D eigenvalue weighted by atomic mass is 10.1. The van der Waals surface area contributed by atoms with Crippen molar-refractivity contribution >= 4 is 11.9 Å². The molecule has 0 aromatic heterocycles. The smallest absolute Gasteiger partial charge is 0.387 e. The molecule has 0 saturated heterocycles. The molecule has 0 atom stereocenters. The van der Waals surface area contributed by atoms with Crippen molar-refractivity contribution in [3.8, 4) is 17.2 Å². The fourth-order valence-corrected chi connectivity index (χ4v) is 2.13. The lowest BCUT2D eigenvalue weighted by Crippen LogP contribution is -2.04. The summed E-state index contributed by atoms with van der Waals surface area (Å²) in [5.74, 6) is 0.531.